The molecule has 0 radical (unpaired) electrons. The highest BCUT2D eigenvalue weighted by Gasteiger charge is 1.99. The second kappa shape index (κ2) is 5.44. The molecule has 2 nitrogen and oxygen atoms in total. The highest BCUT2D eigenvalue weighted by Crippen LogP contribution is 2.05. The van der Waals surface area contributed by atoms with Crippen molar-refractivity contribution in [2.45, 2.75) is 19.3 Å². The molecule has 0 saturated heterocycles. The first-order valence-electron chi connectivity index (χ1n) is 4.57. The molecule has 0 amide bonds. The van der Waals surface area contributed by atoms with Crippen LogP contribution in [0.5, 0.6) is 0 Å². The maximum Gasteiger partial charge on any atom is 0.141 e. The van der Waals surface area contributed by atoms with Crippen LogP contribution in [0.15, 0.2) is 30.3 Å². The smallest absolute Gasteiger partial charge is 0.141 e. The second-order valence-electron chi connectivity index (χ2n) is 3.23. The van der Waals surface area contributed by atoms with Gasteiger partial charge in [0.05, 0.1) is 0 Å². The van der Waals surface area contributed by atoms with E-state index in [1.165, 1.54) is 5.56 Å². The first-order valence-corrected chi connectivity index (χ1v) is 7.18. The number of rotatable bonds is 5. The molecule has 14 heavy (non-hydrogen) atoms. The Bertz CT molecular complexity index is 357. The fraction of sp³-hybridized carbons (Fsp3) is 0.400. The van der Waals surface area contributed by atoms with Crippen LogP contribution in [0, 0.1) is 0 Å². The van der Waals surface area contributed by atoms with Crippen LogP contribution in [0.1, 0.15) is 18.4 Å². The summed E-state index contributed by atoms with van der Waals surface area (Å²) in [5, 5.41) is 0. The third kappa shape index (κ3) is 5.32. The number of aryl methyl sites for hydroxylation is 1. The van der Waals surface area contributed by atoms with Crippen molar-refractivity contribution in [1.29, 1.82) is 0 Å². The molecule has 1 N–H and O–H groups in total. The SMILES string of the molecule is O=S(O)(=S)CCCCc1ccccc1. The molecule has 1 unspecified atom stereocenters. The van der Waals surface area contributed by atoms with Gasteiger partial charge in [-0.25, -0.2) is 4.21 Å². The van der Waals surface area contributed by atoms with Crippen LogP contribution in [0.4, 0.5) is 0 Å². The Morgan fingerprint density at radius 1 is 1.21 bits per heavy atom. The van der Waals surface area contributed by atoms with Gasteiger partial charge in [0.2, 0.25) is 0 Å². The van der Waals surface area contributed by atoms with Crippen molar-refractivity contribution >= 4 is 20.0 Å². The van der Waals surface area contributed by atoms with Crippen molar-refractivity contribution in [3.8, 4) is 0 Å². The van der Waals surface area contributed by atoms with Crippen LogP contribution in [0.25, 0.3) is 0 Å². The molecule has 0 bridgehead atoms. The molecule has 0 aliphatic heterocycles. The van der Waals surface area contributed by atoms with Crippen LogP contribution in [0.3, 0.4) is 0 Å². The minimum atomic E-state index is -2.95. The van der Waals surface area contributed by atoms with Crippen LogP contribution in [-0.2, 0) is 26.4 Å². The Morgan fingerprint density at radius 3 is 2.43 bits per heavy atom. The predicted octanol–water partition coefficient (Wildman–Crippen LogP) is 2.23. The largest absolute Gasteiger partial charge is 0.306 e. The van der Waals surface area contributed by atoms with Crippen molar-refractivity contribution in [3.05, 3.63) is 35.9 Å². The van der Waals surface area contributed by atoms with Gasteiger partial charge in [-0.3, -0.25) is 0 Å². The summed E-state index contributed by atoms with van der Waals surface area (Å²) in [5.74, 6) is 0.231. The summed E-state index contributed by atoms with van der Waals surface area (Å²) in [6, 6.07) is 10.1. The van der Waals surface area contributed by atoms with Gasteiger partial charge in [-0.15, -0.1) is 0 Å². The van der Waals surface area contributed by atoms with Crippen molar-refractivity contribution in [2.24, 2.45) is 0 Å². The Hall–Kier alpha value is -0.450. The zero-order chi connectivity index (χ0) is 10.4. The van der Waals surface area contributed by atoms with Gasteiger partial charge in [0.25, 0.3) is 0 Å². The van der Waals surface area contributed by atoms with Crippen LogP contribution in [0.2, 0.25) is 0 Å². The van der Waals surface area contributed by atoms with Crippen molar-refractivity contribution in [2.75, 3.05) is 5.75 Å². The van der Waals surface area contributed by atoms with E-state index in [1.54, 1.807) is 0 Å². The summed E-state index contributed by atoms with van der Waals surface area (Å²) in [6.07, 6.45) is 2.58. The van der Waals surface area contributed by atoms with Gasteiger partial charge in [-0.1, -0.05) is 30.3 Å². The lowest BCUT2D eigenvalue weighted by Crippen LogP contribution is -2.02. The van der Waals surface area contributed by atoms with Crippen molar-refractivity contribution in [1.82, 2.24) is 0 Å². The minimum absolute atomic E-state index is 0.231. The average molecular weight is 230 g/mol. The summed E-state index contributed by atoms with van der Waals surface area (Å²) in [5.41, 5.74) is 1.27. The van der Waals surface area contributed by atoms with E-state index in [-0.39, 0.29) is 5.75 Å². The highest BCUT2D eigenvalue weighted by atomic mass is 32.8. The van der Waals surface area contributed by atoms with Gasteiger partial charge in [0, 0.05) is 16.9 Å². The molecule has 0 aliphatic rings. The Morgan fingerprint density at radius 2 is 1.86 bits per heavy atom. The normalized spacial score (nSPS) is 14.9. The molecule has 1 aromatic carbocycles. The number of benzene rings is 1. The van der Waals surface area contributed by atoms with E-state index in [0.29, 0.717) is 6.42 Å². The lowest BCUT2D eigenvalue weighted by molar-refractivity contribution is 0.557. The predicted molar refractivity (Wildman–Crippen MR) is 62.4 cm³/mol. The third-order valence-corrected chi connectivity index (χ3v) is 3.27. The van der Waals surface area contributed by atoms with E-state index >= 15 is 0 Å². The summed E-state index contributed by atoms with van der Waals surface area (Å²) < 4.78 is 19.6. The molecule has 1 rings (SSSR count). The second-order valence-corrected chi connectivity index (χ2v) is 6.36. The maximum absolute atomic E-state index is 10.8. The van der Waals surface area contributed by atoms with Crippen LogP contribution < -0.4 is 0 Å². The quantitative estimate of drug-likeness (QED) is 0.788. The highest BCUT2D eigenvalue weighted by molar-refractivity contribution is 8.29. The molecule has 78 valence electrons. The van der Waals surface area contributed by atoms with E-state index in [1.807, 2.05) is 18.2 Å². The van der Waals surface area contributed by atoms with E-state index in [4.69, 9.17) is 4.55 Å². The van der Waals surface area contributed by atoms with Gasteiger partial charge < -0.3 is 4.55 Å². The number of hydrogen-bond donors (Lipinski definition) is 1. The minimum Gasteiger partial charge on any atom is -0.306 e. The number of unbranched alkanes of at least 4 members (excludes halogenated alkanes) is 1. The van der Waals surface area contributed by atoms with Crippen molar-refractivity contribution < 1.29 is 8.76 Å². The maximum atomic E-state index is 10.8. The Labute approximate surface area is 89.8 Å². The van der Waals surface area contributed by atoms with E-state index in [0.717, 1.165) is 12.8 Å². The summed E-state index contributed by atoms with van der Waals surface area (Å²) in [6.45, 7) is 0. The zero-order valence-corrected chi connectivity index (χ0v) is 9.52. The van der Waals surface area contributed by atoms with Crippen LogP contribution >= 0.6 is 0 Å². The molecule has 1 atom stereocenters. The molecule has 0 spiro atoms. The Balaban J connectivity index is 2.23. The van der Waals surface area contributed by atoms with Gasteiger partial charge in [-0.05, 0) is 24.8 Å². The fourth-order valence-electron chi connectivity index (χ4n) is 1.26. The number of hydrogen-bond acceptors (Lipinski definition) is 2. The fourth-order valence-corrected chi connectivity index (χ4v) is 2.18. The van der Waals surface area contributed by atoms with Crippen molar-refractivity contribution in [3.63, 3.8) is 0 Å². The zero-order valence-electron chi connectivity index (χ0n) is 7.89. The summed E-state index contributed by atoms with van der Waals surface area (Å²) in [4.78, 5) is 0. The molecule has 0 aliphatic carbocycles. The molecular formula is C10H14O2S2. The lowest BCUT2D eigenvalue weighted by Gasteiger charge is -2.01. The molecule has 0 saturated carbocycles. The van der Waals surface area contributed by atoms with E-state index in [9.17, 15) is 4.21 Å². The van der Waals surface area contributed by atoms with Gasteiger partial charge in [0.1, 0.15) is 8.77 Å². The first-order chi connectivity index (χ1) is 6.58. The summed E-state index contributed by atoms with van der Waals surface area (Å²) >= 11 is 4.40. The third-order valence-electron chi connectivity index (χ3n) is 1.96. The van der Waals surface area contributed by atoms with Gasteiger partial charge >= 0.3 is 0 Å². The first kappa shape index (κ1) is 11.6. The van der Waals surface area contributed by atoms with E-state index < -0.39 is 8.77 Å². The lowest BCUT2D eigenvalue weighted by atomic mass is 10.1. The molecule has 4 heteroatoms. The average Bonchev–Trinajstić information content (AvgIpc) is 2.13. The summed E-state index contributed by atoms with van der Waals surface area (Å²) in [7, 11) is -2.95. The monoisotopic (exact) mass is 230 g/mol. The van der Waals surface area contributed by atoms with E-state index in [2.05, 4.69) is 23.3 Å². The van der Waals surface area contributed by atoms with Gasteiger partial charge in [0.15, 0.2) is 0 Å². The Kier molecular flexibility index (Phi) is 4.51. The molecular weight excluding hydrogens is 216 g/mol. The molecule has 0 fully saturated rings. The topological polar surface area (TPSA) is 37.3 Å². The standard InChI is InChI=1S/C10H14O2S2/c11-14(12,13)9-5-4-8-10-6-2-1-3-7-10/h1-3,6-7H,4-5,8-9H2,(H,11,12,13). The van der Waals surface area contributed by atoms with Crippen LogP contribution in [-0.4, -0.2) is 14.5 Å². The molecule has 1 aromatic rings. The molecule has 0 aromatic heterocycles. The molecule has 0 heterocycles. The van der Waals surface area contributed by atoms with Gasteiger partial charge in [-0.2, -0.15) is 0 Å².